The Labute approximate surface area is 332 Å². The van der Waals surface area contributed by atoms with Gasteiger partial charge in [-0.15, -0.1) is 0 Å². The predicted molar refractivity (Wildman–Crippen MR) is 205 cm³/mol. The molecule has 58 heavy (non-hydrogen) atoms. The van der Waals surface area contributed by atoms with Crippen molar-refractivity contribution in [2.24, 2.45) is 16.6 Å². The first-order valence-electron chi connectivity index (χ1n) is 18.2. The molecule has 0 atom stereocenters. The van der Waals surface area contributed by atoms with Gasteiger partial charge in [0.05, 0.1) is 43.3 Å². The summed E-state index contributed by atoms with van der Waals surface area (Å²) in [6.07, 6.45) is 1.82. The number of nitrogens with two attached hydrogens (primary N) is 1. The maximum Gasteiger partial charge on any atom is 0.313 e. The molecule has 2 aliphatic rings. The van der Waals surface area contributed by atoms with Gasteiger partial charge in [-0.1, -0.05) is 43.0 Å². The molecule has 3 aromatic rings. The van der Waals surface area contributed by atoms with Gasteiger partial charge in [-0.3, -0.25) is 14.4 Å². The van der Waals surface area contributed by atoms with Gasteiger partial charge in [0.15, 0.2) is 11.6 Å². The van der Waals surface area contributed by atoms with Crippen LogP contribution in [-0.2, 0) is 29.1 Å². The predicted octanol–water partition coefficient (Wildman–Crippen LogP) is 4.06. The lowest BCUT2D eigenvalue weighted by Gasteiger charge is -2.36. The number of sulfonamides is 1. The number of nitrogens with zero attached hydrogens (tertiary/aromatic N) is 3. The monoisotopic (exact) mass is 827 g/mol. The Morgan fingerprint density at radius 3 is 2.41 bits per heavy atom. The summed E-state index contributed by atoms with van der Waals surface area (Å²) in [7, 11) is -3.72. The van der Waals surface area contributed by atoms with E-state index in [0.29, 0.717) is 40.9 Å². The molecular formula is C40H41F4N5O8S. The van der Waals surface area contributed by atoms with Crippen molar-refractivity contribution in [3.63, 3.8) is 0 Å². The van der Waals surface area contributed by atoms with Crippen molar-refractivity contribution in [3.05, 3.63) is 82.9 Å². The van der Waals surface area contributed by atoms with E-state index in [2.05, 4.69) is 26.9 Å². The van der Waals surface area contributed by atoms with Crippen LogP contribution in [0.4, 0.5) is 23.2 Å². The van der Waals surface area contributed by atoms with Crippen LogP contribution in [0.15, 0.2) is 64.0 Å². The molecule has 0 aliphatic carbocycles. The van der Waals surface area contributed by atoms with E-state index >= 15 is 0 Å². The molecule has 2 amide bonds. The largest absolute Gasteiger partial charge is 0.420 e. The highest BCUT2D eigenvalue weighted by molar-refractivity contribution is 7.89. The number of ether oxygens (including phenoxy) is 2. The first-order valence-corrected chi connectivity index (χ1v) is 19.7. The minimum Gasteiger partial charge on any atom is -0.420 e. The van der Waals surface area contributed by atoms with Gasteiger partial charge in [0, 0.05) is 62.2 Å². The van der Waals surface area contributed by atoms with Gasteiger partial charge in [0.2, 0.25) is 33.3 Å². The maximum atomic E-state index is 13.7. The molecule has 4 N–H and O–H groups in total. The van der Waals surface area contributed by atoms with Crippen molar-refractivity contribution in [1.29, 1.82) is 0 Å². The molecule has 13 nitrogen and oxygen atoms in total. The third-order valence-corrected chi connectivity index (χ3v) is 10.8. The number of amides is 2. The average molecular weight is 828 g/mol. The molecule has 0 aromatic heterocycles. The first kappa shape index (κ1) is 43.5. The Morgan fingerprint density at radius 2 is 1.71 bits per heavy atom. The number of hydrogen-bond acceptors (Lipinski definition) is 10. The van der Waals surface area contributed by atoms with Crippen LogP contribution < -0.4 is 15.8 Å². The summed E-state index contributed by atoms with van der Waals surface area (Å²) in [6, 6.07) is 11.9. The summed E-state index contributed by atoms with van der Waals surface area (Å²) in [4.78, 5) is 44.0. The highest BCUT2D eigenvalue weighted by Gasteiger charge is 2.36. The highest BCUT2D eigenvalue weighted by atomic mass is 32.2. The van der Waals surface area contributed by atoms with Crippen LogP contribution in [0, 0.1) is 41.0 Å². The lowest BCUT2D eigenvalue weighted by molar-refractivity contribution is -0.136. The van der Waals surface area contributed by atoms with E-state index in [9.17, 15) is 45.5 Å². The highest BCUT2D eigenvalue weighted by Crippen LogP contribution is 2.34. The number of carbonyl (C=O) groups excluding carboxylic acids is 3. The van der Waals surface area contributed by atoms with Crippen molar-refractivity contribution >= 4 is 45.4 Å². The number of aliphatic hydroxyl groups excluding tert-OH is 1. The zero-order valence-corrected chi connectivity index (χ0v) is 32.2. The van der Waals surface area contributed by atoms with E-state index in [-0.39, 0.29) is 87.5 Å². The smallest absolute Gasteiger partial charge is 0.313 e. The van der Waals surface area contributed by atoms with Crippen LogP contribution in [0.5, 0.6) is 5.75 Å². The second-order valence-electron chi connectivity index (χ2n) is 13.4. The minimum atomic E-state index is -3.72. The number of aliphatic hydroxyl groups is 1. The van der Waals surface area contributed by atoms with Crippen LogP contribution >= 0.6 is 0 Å². The number of esters is 1. The SMILES string of the molecule is CCCN(CC#CCNC(=O)CCOCCC(=O)Oc1c(F)c(F)cc(F)c1F)C(=O)C1=Cc2ccc(-c3cccc(S(=O)(=O)N4CC(CO)C4)c3)cc2N=C(N)C1. The number of hydrogen-bond donors (Lipinski definition) is 3. The van der Waals surface area contributed by atoms with Gasteiger partial charge in [0.25, 0.3) is 5.91 Å². The quantitative estimate of drug-likeness (QED) is 0.0480. The second-order valence-corrected chi connectivity index (χ2v) is 15.3. The number of fused-ring (bicyclic) bond motifs is 1. The fourth-order valence-corrected chi connectivity index (χ4v) is 7.56. The Hall–Kier alpha value is -5.61. The molecule has 18 heteroatoms. The molecule has 0 saturated carbocycles. The summed E-state index contributed by atoms with van der Waals surface area (Å²) in [6.45, 7) is 2.37. The van der Waals surface area contributed by atoms with Gasteiger partial charge in [0.1, 0.15) is 5.84 Å². The Kier molecular flexibility index (Phi) is 14.8. The number of nitrogens with one attached hydrogen (secondary N) is 1. The van der Waals surface area contributed by atoms with E-state index in [1.807, 2.05) is 13.0 Å². The molecule has 1 fully saturated rings. The summed E-state index contributed by atoms with van der Waals surface area (Å²) >= 11 is 0. The lowest BCUT2D eigenvalue weighted by atomic mass is 10.0. The van der Waals surface area contributed by atoms with Crippen LogP contribution in [0.25, 0.3) is 17.2 Å². The number of carbonyl (C=O) groups is 3. The Bertz CT molecular complexity index is 2260. The van der Waals surface area contributed by atoms with E-state index in [1.54, 1.807) is 41.3 Å². The maximum absolute atomic E-state index is 13.7. The van der Waals surface area contributed by atoms with E-state index in [4.69, 9.17) is 10.5 Å². The van der Waals surface area contributed by atoms with Crippen molar-refractivity contribution in [1.82, 2.24) is 14.5 Å². The summed E-state index contributed by atoms with van der Waals surface area (Å²) in [5.74, 6) is -4.74. The van der Waals surface area contributed by atoms with Crippen molar-refractivity contribution in [2.75, 3.05) is 52.5 Å². The zero-order chi connectivity index (χ0) is 42.0. The van der Waals surface area contributed by atoms with Crippen LogP contribution in [-0.4, -0.2) is 98.9 Å². The average Bonchev–Trinajstić information content (AvgIpc) is 3.34. The molecule has 308 valence electrons. The molecule has 0 bridgehead atoms. The van der Waals surface area contributed by atoms with Crippen LogP contribution in [0.1, 0.15) is 38.2 Å². The number of aliphatic imine (C=N–C) groups is 1. The molecule has 5 rings (SSSR count). The van der Waals surface area contributed by atoms with Crippen LogP contribution in [0.2, 0.25) is 0 Å². The van der Waals surface area contributed by atoms with Crippen molar-refractivity contribution in [2.45, 2.75) is 37.5 Å². The summed E-state index contributed by atoms with van der Waals surface area (Å²) in [5.41, 5.74) is 9.18. The van der Waals surface area contributed by atoms with Gasteiger partial charge in [-0.25, -0.2) is 22.2 Å². The Balaban J connectivity index is 1.11. The molecule has 0 unspecified atom stereocenters. The summed E-state index contributed by atoms with van der Waals surface area (Å²) < 4.78 is 91.1. The fourth-order valence-electron chi connectivity index (χ4n) is 5.93. The third-order valence-electron chi connectivity index (χ3n) is 9.02. The number of benzene rings is 3. The van der Waals surface area contributed by atoms with E-state index in [1.165, 1.54) is 10.4 Å². The normalized spacial score (nSPS) is 14.2. The molecule has 3 aromatic carbocycles. The van der Waals surface area contributed by atoms with Crippen LogP contribution in [0.3, 0.4) is 0 Å². The molecule has 0 radical (unpaired) electrons. The second kappa shape index (κ2) is 19.7. The molecule has 1 saturated heterocycles. The number of rotatable bonds is 16. The topological polar surface area (TPSA) is 181 Å². The van der Waals surface area contributed by atoms with Gasteiger partial charge >= 0.3 is 5.97 Å². The van der Waals surface area contributed by atoms with Gasteiger partial charge in [-0.05, 0) is 41.8 Å². The molecule has 2 aliphatic heterocycles. The number of amidine groups is 1. The van der Waals surface area contributed by atoms with E-state index in [0.717, 1.165) is 0 Å². The van der Waals surface area contributed by atoms with E-state index < -0.39 is 57.3 Å². The molecular weight excluding hydrogens is 787 g/mol. The van der Waals surface area contributed by atoms with Gasteiger partial charge in [-0.2, -0.15) is 13.1 Å². The first-order chi connectivity index (χ1) is 27.7. The van der Waals surface area contributed by atoms with Crippen molar-refractivity contribution < 1.29 is 54.9 Å². The lowest BCUT2D eigenvalue weighted by Crippen LogP contribution is -2.51. The summed E-state index contributed by atoms with van der Waals surface area (Å²) in [5, 5.41) is 11.9. The fraction of sp³-hybridized carbons (Fsp3) is 0.350. The minimum absolute atomic E-state index is 0.0164. The standard InChI is InChI=1S/C40H41F4N5O8S/c1-2-13-48(14-4-3-12-46-35(51)10-15-56-16-11-36(52)57-39-37(43)31(41)21-32(42)38(39)44)40(53)29-17-28-9-8-27(19-33(28)47-34(45)20-29)26-6-5-7-30(18-26)58(54,55)49-22-25(23-49)24-50/h5-9,17-19,21,25,50H,2,10-16,20,22-24H2,1H3,(H2,45,47)(H,46,51). The molecule has 0 spiro atoms. The van der Waals surface area contributed by atoms with Gasteiger partial charge < -0.3 is 30.5 Å². The molecule has 2 heterocycles. The number of halogens is 4. The Morgan fingerprint density at radius 1 is 1.00 bits per heavy atom. The third kappa shape index (κ3) is 10.9. The zero-order valence-electron chi connectivity index (χ0n) is 31.4. The van der Waals surface area contributed by atoms with Crippen molar-refractivity contribution in [3.8, 4) is 28.7 Å².